The zero-order valence-electron chi connectivity index (χ0n) is 29.5. The Morgan fingerprint density at radius 3 is 2.20 bits per heavy atom. The van der Waals surface area contributed by atoms with Gasteiger partial charge < -0.3 is 34.6 Å². The molecule has 6 fully saturated rings. The van der Waals surface area contributed by atoms with E-state index in [1.54, 1.807) is 6.92 Å². The van der Waals surface area contributed by atoms with E-state index in [2.05, 4.69) is 48.1 Å². The number of allylic oxidation sites excluding steroid dienone is 1. The summed E-state index contributed by atoms with van der Waals surface area (Å²) in [6, 6.07) is 0. The molecule has 1 aliphatic heterocycles. The summed E-state index contributed by atoms with van der Waals surface area (Å²) in [5.74, 6) is 2.41. The van der Waals surface area contributed by atoms with Gasteiger partial charge in [0.15, 0.2) is 6.29 Å². The molecule has 0 amide bonds. The van der Waals surface area contributed by atoms with E-state index in [0.717, 1.165) is 38.5 Å². The minimum absolute atomic E-state index is 0.0611. The smallest absolute Gasteiger partial charge is 0.302 e. The van der Waals surface area contributed by atoms with Crippen molar-refractivity contribution in [1.29, 1.82) is 0 Å². The van der Waals surface area contributed by atoms with E-state index in [0.29, 0.717) is 36.2 Å². The van der Waals surface area contributed by atoms with Crippen molar-refractivity contribution in [3.63, 3.8) is 0 Å². The van der Waals surface area contributed by atoms with E-state index in [1.165, 1.54) is 31.3 Å². The van der Waals surface area contributed by atoms with Crippen LogP contribution in [0.3, 0.4) is 0 Å². The quantitative estimate of drug-likeness (QED) is 0.172. The van der Waals surface area contributed by atoms with Crippen LogP contribution in [0.15, 0.2) is 12.2 Å². The third kappa shape index (κ3) is 4.93. The normalized spacial score (nSPS) is 52.9. The van der Waals surface area contributed by atoms with Crippen LogP contribution in [0.2, 0.25) is 0 Å². The molecule has 5 aliphatic carbocycles. The second-order valence-corrected chi connectivity index (χ2v) is 18.0. The van der Waals surface area contributed by atoms with Gasteiger partial charge in [0.05, 0.1) is 19.3 Å². The fraction of sp³-hybridized carbons (Fsp3) is 0.921. The molecule has 5 saturated carbocycles. The van der Waals surface area contributed by atoms with E-state index in [4.69, 9.17) is 14.2 Å². The molecule has 8 heteroatoms. The third-order valence-electron chi connectivity index (χ3n) is 15.9. The lowest BCUT2D eigenvalue weighted by Crippen LogP contribution is -2.67. The van der Waals surface area contributed by atoms with Crippen LogP contribution in [0, 0.1) is 56.7 Å². The number of carbonyl (C=O) groups excluding carboxylic acids is 1. The molecule has 1 saturated heterocycles. The highest BCUT2D eigenvalue weighted by Gasteiger charge is 2.71. The summed E-state index contributed by atoms with van der Waals surface area (Å²) in [6.45, 7) is 20.7. The highest BCUT2D eigenvalue weighted by molar-refractivity contribution is 5.65. The number of aliphatic hydroxyl groups is 4. The summed E-state index contributed by atoms with van der Waals surface area (Å²) < 4.78 is 18.1. The number of hydrogen-bond donors (Lipinski definition) is 4. The first-order valence-corrected chi connectivity index (χ1v) is 18.2. The van der Waals surface area contributed by atoms with Crippen LogP contribution in [0.25, 0.3) is 0 Å². The van der Waals surface area contributed by atoms with Crippen molar-refractivity contribution in [2.45, 2.75) is 149 Å². The molecule has 0 aromatic rings. The largest absolute Gasteiger partial charge is 0.465 e. The Morgan fingerprint density at radius 2 is 1.54 bits per heavy atom. The summed E-state index contributed by atoms with van der Waals surface area (Å²) in [5, 5.41) is 41.2. The Bertz CT molecular complexity index is 1190. The van der Waals surface area contributed by atoms with E-state index in [-0.39, 0.29) is 39.1 Å². The molecule has 8 nitrogen and oxygen atoms in total. The Kier molecular flexibility index (Phi) is 8.93. The van der Waals surface area contributed by atoms with Crippen LogP contribution in [0.1, 0.15) is 113 Å². The number of rotatable bonds is 6. The maximum Gasteiger partial charge on any atom is 0.302 e. The fourth-order valence-corrected chi connectivity index (χ4v) is 13.3. The number of ether oxygens (including phenoxy) is 3. The molecule has 6 rings (SSSR count). The first kappa shape index (κ1) is 34.8. The van der Waals surface area contributed by atoms with Gasteiger partial charge in [0.1, 0.15) is 24.4 Å². The fourth-order valence-electron chi connectivity index (χ4n) is 13.3. The van der Waals surface area contributed by atoms with Gasteiger partial charge in [0, 0.05) is 12.3 Å². The Balaban J connectivity index is 1.26. The van der Waals surface area contributed by atoms with Crippen LogP contribution >= 0.6 is 0 Å². The monoisotopic (exact) mass is 646 g/mol. The zero-order valence-corrected chi connectivity index (χ0v) is 29.5. The molecular formula is C38H62O8. The lowest BCUT2D eigenvalue weighted by atomic mass is 9.32. The first-order chi connectivity index (χ1) is 21.5. The van der Waals surface area contributed by atoms with E-state index in [1.807, 2.05) is 0 Å². The van der Waals surface area contributed by atoms with Gasteiger partial charge in [-0.05, 0) is 122 Å². The van der Waals surface area contributed by atoms with Crippen LogP contribution in [0.5, 0.6) is 0 Å². The topological polar surface area (TPSA) is 126 Å². The molecule has 0 bridgehead atoms. The summed E-state index contributed by atoms with van der Waals surface area (Å²) in [6.07, 6.45) is 4.65. The molecule has 0 spiro atoms. The molecular weight excluding hydrogens is 584 g/mol. The molecule has 262 valence electrons. The summed E-state index contributed by atoms with van der Waals surface area (Å²) >= 11 is 0. The van der Waals surface area contributed by atoms with Crippen LogP contribution < -0.4 is 0 Å². The van der Waals surface area contributed by atoms with Crippen LogP contribution in [0.4, 0.5) is 0 Å². The van der Waals surface area contributed by atoms with Crippen molar-refractivity contribution in [2.24, 2.45) is 56.7 Å². The van der Waals surface area contributed by atoms with Crippen molar-refractivity contribution in [3.8, 4) is 0 Å². The summed E-state index contributed by atoms with van der Waals surface area (Å²) in [4.78, 5) is 12.0. The molecule has 1 unspecified atom stereocenters. The molecule has 4 N–H and O–H groups in total. The maximum absolute atomic E-state index is 12.0. The van der Waals surface area contributed by atoms with Gasteiger partial charge in [-0.2, -0.15) is 0 Å². The number of aliphatic hydroxyl groups excluding tert-OH is 4. The van der Waals surface area contributed by atoms with Gasteiger partial charge in [0.25, 0.3) is 0 Å². The van der Waals surface area contributed by atoms with Crippen LogP contribution in [-0.4, -0.2) is 76.4 Å². The number of fused-ring (bicyclic) bond motifs is 7. The predicted octanol–water partition coefficient (Wildman–Crippen LogP) is 5.39. The second kappa shape index (κ2) is 11.8. The van der Waals surface area contributed by atoms with Gasteiger partial charge in [0.2, 0.25) is 0 Å². The zero-order chi connectivity index (χ0) is 33.6. The SMILES string of the molecule is C=C(C)[C@@H]1CC[C@]2(COC(C)=O)CC[C@]3(C)[C@H](CCC4[C@@]5(C)CC[C@H](O[C@@H]6O[C@H](CO)[C@@H](O)[C@H](O)[C@H]6O)C(C)(C)[C@@H]5CC[C@]43C)[C@@H]12. The standard InChI is InChI=1S/C38H62O8/c1-21(2)23-11-16-38(20-44-22(3)40)18-17-36(7)24(29(23)38)9-10-27-35(6)14-13-28(34(4,5)26(35)12-15-37(27,36)8)46-33-32(43)31(42)30(41)25(19-39)45-33/h23-33,39,41-43H,1,9-20H2,2-8H3/t23-,24+,25+,26-,27?,28-,29+,30+,31-,32+,33-,35-,36+,37+,38+/m0/s1. The Hall–Kier alpha value is -1.03. The van der Waals surface area contributed by atoms with Crippen molar-refractivity contribution < 1.29 is 39.4 Å². The van der Waals surface area contributed by atoms with Gasteiger partial charge in [-0.3, -0.25) is 4.79 Å². The van der Waals surface area contributed by atoms with Crippen molar-refractivity contribution in [1.82, 2.24) is 0 Å². The average molecular weight is 647 g/mol. The van der Waals surface area contributed by atoms with Gasteiger partial charge in [-0.25, -0.2) is 0 Å². The summed E-state index contributed by atoms with van der Waals surface area (Å²) in [7, 11) is 0. The predicted molar refractivity (Wildman–Crippen MR) is 174 cm³/mol. The maximum atomic E-state index is 12.0. The summed E-state index contributed by atoms with van der Waals surface area (Å²) in [5.41, 5.74) is 1.67. The van der Waals surface area contributed by atoms with E-state index >= 15 is 0 Å². The van der Waals surface area contributed by atoms with Crippen molar-refractivity contribution >= 4 is 5.97 Å². The highest BCUT2D eigenvalue weighted by Crippen LogP contribution is 2.77. The molecule has 1 heterocycles. The first-order valence-electron chi connectivity index (χ1n) is 18.2. The lowest BCUT2D eigenvalue weighted by Gasteiger charge is -2.73. The molecule has 0 aromatic carbocycles. The minimum Gasteiger partial charge on any atom is -0.465 e. The van der Waals surface area contributed by atoms with Gasteiger partial charge in [-0.15, -0.1) is 0 Å². The van der Waals surface area contributed by atoms with Gasteiger partial charge in [-0.1, -0.05) is 46.8 Å². The number of esters is 1. The number of carbonyl (C=O) groups is 1. The Labute approximate surface area is 276 Å². The average Bonchev–Trinajstić information content (AvgIpc) is 3.38. The van der Waals surface area contributed by atoms with Crippen LogP contribution in [-0.2, 0) is 19.0 Å². The molecule has 0 aromatic heterocycles. The molecule has 46 heavy (non-hydrogen) atoms. The minimum atomic E-state index is -1.44. The second-order valence-electron chi connectivity index (χ2n) is 18.0. The van der Waals surface area contributed by atoms with Crippen molar-refractivity contribution in [3.05, 3.63) is 12.2 Å². The number of hydrogen-bond acceptors (Lipinski definition) is 8. The molecule has 6 aliphatic rings. The third-order valence-corrected chi connectivity index (χ3v) is 15.9. The van der Waals surface area contributed by atoms with Gasteiger partial charge >= 0.3 is 5.97 Å². The van der Waals surface area contributed by atoms with E-state index in [9.17, 15) is 25.2 Å². The molecule has 0 radical (unpaired) electrons. The highest BCUT2D eigenvalue weighted by atomic mass is 16.7. The van der Waals surface area contributed by atoms with E-state index < -0.39 is 37.3 Å². The lowest BCUT2D eigenvalue weighted by molar-refractivity contribution is -0.332. The van der Waals surface area contributed by atoms with Crippen molar-refractivity contribution in [2.75, 3.05) is 13.2 Å². The molecule has 15 atom stereocenters. The Morgan fingerprint density at radius 1 is 0.826 bits per heavy atom.